The van der Waals surface area contributed by atoms with Gasteiger partial charge < -0.3 is 19.9 Å². The molecule has 4 rings (SSSR count). The number of amides is 2. The van der Waals surface area contributed by atoms with E-state index in [0.717, 1.165) is 43.4 Å². The van der Waals surface area contributed by atoms with Gasteiger partial charge >= 0.3 is 0 Å². The number of morpholine rings is 1. The van der Waals surface area contributed by atoms with E-state index < -0.39 is 0 Å². The topological polar surface area (TPSA) is 61.9 Å². The van der Waals surface area contributed by atoms with Crippen molar-refractivity contribution in [1.29, 1.82) is 0 Å². The van der Waals surface area contributed by atoms with E-state index in [-0.39, 0.29) is 24.2 Å². The summed E-state index contributed by atoms with van der Waals surface area (Å²) in [4.78, 5) is 28.9. The van der Waals surface area contributed by atoms with E-state index in [0.29, 0.717) is 6.54 Å². The van der Waals surface area contributed by atoms with Gasteiger partial charge in [-0.25, -0.2) is 0 Å². The summed E-state index contributed by atoms with van der Waals surface area (Å²) in [6, 6.07) is 17.3. The van der Waals surface area contributed by atoms with Crippen molar-refractivity contribution in [3.05, 3.63) is 54.6 Å². The lowest BCUT2D eigenvalue weighted by molar-refractivity contribution is -0.122. The van der Waals surface area contributed by atoms with Gasteiger partial charge in [-0.1, -0.05) is 18.2 Å². The minimum atomic E-state index is -0.336. The van der Waals surface area contributed by atoms with Gasteiger partial charge in [0.1, 0.15) is 0 Å². The SMILES string of the molecule is O=C(Nc1ccc(N2CCOCC2)cc1)C1CC(=O)N(c2ccccc2)C1. The fourth-order valence-electron chi connectivity index (χ4n) is 3.56. The first-order chi connectivity index (χ1) is 13.2. The second-order valence-electron chi connectivity index (χ2n) is 6.88. The van der Waals surface area contributed by atoms with Gasteiger partial charge in [0.25, 0.3) is 0 Å². The quantitative estimate of drug-likeness (QED) is 0.904. The second-order valence-corrected chi connectivity index (χ2v) is 6.88. The first kappa shape index (κ1) is 17.5. The molecule has 6 nitrogen and oxygen atoms in total. The number of ether oxygens (including phenoxy) is 1. The van der Waals surface area contributed by atoms with Crippen molar-refractivity contribution in [3.8, 4) is 0 Å². The maximum atomic E-state index is 12.6. The van der Waals surface area contributed by atoms with Crippen LogP contribution in [0.1, 0.15) is 6.42 Å². The lowest BCUT2D eigenvalue weighted by Gasteiger charge is -2.28. The maximum absolute atomic E-state index is 12.6. The molecule has 2 fully saturated rings. The lowest BCUT2D eigenvalue weighted by atomic mass is 10.1. The highest BCUT2D eigenvalue weighted by Gasteiger charge is 2.35. The minimum absolute atomic E-state index is 0.0102. The Labute approximate surface area is 158 Å². The van der Waals surface area contributed by atoms with E-state index in [1.165, 1.54) is 0 Å². The van der Waals surface area contributed by atoms with Crippen LogP contribution in [0.2, 0.25) is 0 Å². The number of benzene rings is 2. The van der Waals surface area contributed by atoms with Gasteiger partial charge in [-0.15, -0.1) is 0 Å². The van der Waals surface area contributed by atoms with Crippen LogP contribution in [0.25, 0.3) is 0 Å². The third-order valence-corrected chi connectivity index (χ3v) is 5.07. The predicted molar refractivity (Wildman–Crippen MR) is 105 cm³/mol. The van der Waals surface area contributed by atoms with E-state index in [9.17, 15) is 9.59 Å². The van der Waals surface area contributed by atoms with Gasteiger partial charge in [-0.05, 0) is 36.4 Å². The number of hydrogen-bond acceptors (Lipinski definition) is 4. The van der Waals surface area contributed by atoms with Crippen molar-refractivity contribution in [2.75, 3.05) is 48.0 Å². The van der Waals surface area contributed by atoms with Crippen molar-refractivity contribution in [2.45, 2.75) is 6.42 Å². The van der Waals surface area contributed by atoms with Crippen molar-refractivity contribution < 1.29 is 14.3 Å². The number of carbonyl (C=O) groups excluding carboxylic acids is 2. The summed E-state index contributed by atoms with van der Waals surface area (Å²) >= 11 is 0. The van der Waals surface area contributed by atoms with Crippen LogP contribution in [0.15, 0.2) is 54.6 Å². The summed E-state index contributed by atoms with van der Waals surface area (Å²) in [7, 11) is 0. The molecule has 27 heavy (non-hydrogen) atoms. The second kappa shape index (κ2) is 7.80. The highest BCUT2D eigenvalue weighted by Crippen LogP contribution is 2.26. The summed E-state index contributed by atoms with van der Waals surface area (Å²) in [6.45, 7) is 3.66. The minimum Gasteiger partial charge on any atom is -0.378 e. The Hall–Kier alpha value is -2.86. The Morgan fingerprint density at radius 1 is 0.963 bits per heavy atom. The van der Waals surface area contributed by atoms with Gasteiger partial charge in [-0.2, -0.15) is 0 Å². The van der Waals surface area contributed by atoms with Crippen LogP contribution in [0.3, 0.4) is 0 Å². The smallest absolute Gasteiger partial charge is 0.229 e. The number of nitrogens with zero attached hydrogens (tertiary/aromatic N) is 2. The third-order valence-electron chi connectivity index (χ3n) is 5.07. The molecule has 2 heterocycles. The predicted octanol–water partition coefficient (Wildman–Crippen LogP) is 2.51. The van der Waals surface area contributed by atoms with Gasteiger partial charge in [0.05, 0.1) is 19.1 Å². The summed E-state index contributed by atoms with van der Waals surface area (Å²) in [5.74, 6) is -0.457. The molecule has 6 heteroatoms. The number of nitrogens with one attached hydrogen (secondary N) is 1. The number of carbonyl (C=O) groups is 2. The number of hydrogen-bond donors (Lipinski definition) is 1. The first-order valence-corrected chi connectivity index (χ1v) is 9.30. The van der Waals surface area contributed by atoms with Gasteiger partial charge in [-0.3, -0.25) is 9.59 Å². The van der Waals surface area contributed by atoms with Crippen molar-refractivity contribution >= 4 is 28.9 Å². The Balaban J connectivity index is 1.37. The molecule has 1 atom stereocenters. The molecule has 0 aromatic heterocycles. The van der Waals surface area contributed by atoms with Crippen LogP contribution in [0, 0.1) is 5.92 Å². The molecule has 0 aliphatic carbocycles. The normalized spacial score (nSPS) is 20.0. The van der Waals surface area contributed by atoms with Crippen LogP contribution in [-0.2, 0) is 14.3 Å². The number of rotatable bonds is 4. The molecule has 2 aliphatic heterocycles. The molecular weight excluding hydrogens is 342 g/mol. The Kier molecular flexibility index (Phi) is 5.07. The molecule has 0 bridgehead atoms. The zero-order valence-corrected chi connectivity index (χ0v) is 15.1. The molecule has 2 amide bonds. The van der Waals surface area contributed by atoms with Crippen LogP contribution in [-0.4, -0.2) is 44.7 Å². The van der Waals surface area contributed by atoms with Crippen LogP contribution in [0.5, 0.6) is 0 Å². The highest BCUT2D eigenvalue weighted by molar-refractivity contribution is 6.03. The summed E-state index contributed by atoms with van der Waals surface area (Å²) < 4.78 is 5.37. The number of anilines is 3. The van der Waals surface area contributed by atoms with Crippen LogP contribution < -0.4 is 15.1 Å². The van der Waals surface area contributed by atoms with Crippen molar-refractivity contribution in [3.63, 3.8) is 0 Å². The van der Waals surface area contributed by atoms with Crippen LogP contribution in [0.4, 0.5) is 17.1 Å². The zero-order valence-electron chi connectivity index (χ0n) is 15.1. The molecule has 1 unspecified atom stereocenters. The Morgan fingerprint density at radius 3 is 2.37 bits per heavy atom. The largest absolute Gasteiger partial charge is 0.378 e. The molecular formula is C21H23N3O3. The lowest BCUT2D eigenvalue weighted by Crippen LogP contribution is -2.36. The third kappa shape index (κ3) is 3.95. The summed E-state index contributed by atoms with van der Waals surface area (Å²) in [5, 5.41) is 2.95. The van der Waals surface area contributed by atoms with Gasteiger partial charge in [0.2, 0.25) is 11.8 Å². The molecule has 2 saturated heterocycles. The summed E-state index contributed by atoms with van der Waals surface area (Å²) in [5.41, 5.74) is 2.72. The van der Waals surface area contributed by atoms with E-state index in [2.05, 4.69) is 10.2 Å². The zero-order chi connectivity index (χ0) is 18.6. The van der Waals surface area contributed by atoms with E-state index >= 15 is 0 Å². The molecule has 0 saturated carbocycles. The molecule has 2 aromatic carbocycles. The molecule has 1 N–H and O–H groups in total. The number of para-hydroxylation sites is 1. The van der Waals surface area contributed by atoms with Gasteiger partial charge in [0.15, 0.2) is 0 Å². The molecule has 0 radical (unpaired) electrons. The van der Waals surface area contributed by atoms with E-state index in [1.807, 2.05) is 54.6 Å². The van der Waals surface area contributed by atoms with Crippen molar-refractivity contribution in [2.24, 2.45) is 5.92 Å². The van der Waals surface area contributed by atoms with E-state index in [4.69, 9.17) is 4.74 Å². The monoisotopic (exact) mass is 365 g/mol. The average molecular weight is 365 g/mol. The summed E-state index contributed by atoms with van der Waals surface area (Å²) in [6.07, 6.45) is 0.243. The maximum Gasteiger partial charge on any atom is 0.229 e. The van der Waals surface area contributed by atoms with Crippen molar-refractivity contribution in [1.82, 2.24) is 0 Å². The van der Waals surface area contributed by atoms with Crippen LogP contribution >= 0.6 is 0 Å². The molecule has 0 spiro atoms. The fraction of sp³-hybridized carbons (Fsp3) is 0.333. The molecule has 140 valence electrons. The first-order valence-electron chi connectivity index (χ1n) is 9.30. The molecule has 2 aromatic rings. The van der Waals surface area contributed by atoms with E-state index in [1.54, 1.807) is 4.90 Å². The fourth-order valence-corrected chi connectivity index (χ4v) is 3.56. The molecule has 2 aliphatic rings. The Morgan fingerprint density at radius 2 is 1.67 bits per heavy atom. The Bertz CT molecular complexity index is 801. The standard InChI is InChI=1S/C21H23N3O3/c25-20-14-16(15-24(20)19-4-2-1-3-5-19)21(26)22-17-6-8-18(9-7-17)23-10-12-27-13-11-23/h1-9,16H,10-15H2,(H,22,26). The van der Waals surface area contributed by atoms with Gasteiger partial charge in [0, 0.05) is 43.1 Å². The average Bonchev–Trinajstić information content (AvgIpc) is 3.12. The highest BCUT2D eigenvalue weighted by atomic mass is 16.5.